The van der Waals surface area contributed by atoms with Crippen molar-refractivity contribution in [2.24, 2.45) is 0 Å². The van der Waals surface area contributed by atoms with Crippen LogP contribution in [-0.2, 0) is 6.42 Å². The number of aryl methyl sites for hydroxylation is 1. The van der Waals surface area contributed by atoms with E-state index in [9.17, 15) is 13.6 Å². The van der Waals surface area contributed by atoms with Crippen LogP contribution in [0.5, 0.6) is 11.5 Å². The lowest BCUT2D eigenvalue weighted by Crippen LogP contribution is -2.12. The highest BCUT2D eigenvalue weighted by molar-refractivity contribution is 5.91. The van der Waals surface area contributed by atoms with Crippen LogP contribution in [-0.4, -0.2) is 13.1 Å². The van der Waals surface area contributed by atoms with Gasteiger partial charge in [0.1, 0.15) is 5.75 Å². The molecule has 4 aromatic rings. The van der Waals surface area contributed by atoms with Crippen molar-refractivity contribution in [2.75, 3.05) is 7.11 Å². The van der Waals surface area contributed by atoms with Crippen molar-refractivity contribution in [2.45, 2.75) is 32.6 Å². The number of carbonyl (C=O) groups is 1. The predicted molar refractivity (Wildman–Crippen MR) is 138 cm³/mol. The van der Waals surface area contributed by atoms with Crippen molar-refractivity contribution in [3.63, 3.8) is 0 Å². The van der Waals surface area contributed by atoms with E-state index in [1.807, 2.05) is 12.1 Å². The molecule has 4 rings (SSSR count). The summed E-state index contributed by atoms with van der Waals surface area (Å²) in [5.74, 6) is -6.11. The smallest absolute Gasteiger partial charge is 0.346 e. The standard InChI is InChI=1S/C31H26F4O3/c1-3-4-5-6-19-7-9-20(10-8-19)23-15-16-24(28(33)27(23)32)21-11-13-22(14-12-21)38-31(36)25-17-18-26(37-2)30(35)29(25)34/h7-18H,3-6H2,1-2H3. The Balaban J connectivity index is 1.50. The molecule has 0 saturated carbocycles. The molecule has 0 atom stereocenters. The van der Waals surface area contributed by atoms with Gasteiger partial charge in [-0.1, -0.05) is 68.3 Å². The van der Waals surface area contributed by atoms with Crippen LogP contribution in [0, 0.1) is 23.3 Å². The fourth-order valence-corrected chi connectivity index (χ4v) is 4.14. The van der Waals surface area contributed by atoms with E-state index < -0.39 is 34.8 Å². The molecule has 0 aliphatic heterocycles. The third-order valence-corrected chi connectivity index (χ3v) is 6.28. The number of esters is 1. The number of benzene rings is 4. The zero-order valence-corrected chi connectivity index (χ0v) is 21.0. The first kappa shape index (κ1) is 26.9. The van der Waals surface area contributed by atoms with Crippen molar-refractivity contribution < 1.29 is 31.8 Å². The molecule has 196 valence electrons. The Morgan fingerprint density at radius 1 is 0.684 bits per heavy atom. The molecule has 3 nitrogen and oxygen atoms in total. The van der Waals surface area contributed by atoms with Crippen LogP contribution in [0.3, 0.4) is 0 Å². The van der Waals surface area contributed by atoms with Crippen LogP contribution < -0.4 is 9.47 Å². The highest BCUT2D eigenvalue weighted by Crippen LogP contribution is 2.33. The Labute approximate surface area is 218 Å². The first-order valence-electron chi connectivity index (χ1n) is 12.3. The fraction of sp³-hybridized carbons (Fsp3) is 0.194. The Bertz CT molecular complexity index is 1430. The average molecular weight is 523 g/mol. The topological polar surface area (TPSA) is 35.5 Å². The summed E-state index contributed by atoms with van der Waals surface area (Å²) in [5, 5.41) is 0. The first-order valence-corrected chi connectivity index (χ1v) is 12.3. The maximum atomic E-state index is 15.0. The molecule has 0 aliphatic rings. The quantitative estimate of drug-likeness (QED) is 0.0956. The van der Waals surface area contributed by atoms with Crippen LogP contribution in [0.15, 0.2) is 72.8 Å². The summed E-state index contributed by atoms with van der Waals surface area (Å²) in [4.78, 5) is 12.3. The largest absolute Gasteiger partial charge is 0.494 e. The molecule has 0 heterocycles. The molecular formula is C31H26F4O3. The molecule has 0 aliphatic carbocycles. The molecule has 0 aromatic heterocycles. The normalized spacial score (nSPS) is 10.9. The molecule has 0 amide bonds. The monoisotopic (exact) mass is 522 g/mol. The number of hydrogen-bond donors (Lipinski definition) is 0. The summed E-state index contributed by atoms with van der Waals surface area (Å²) >= 11 is 0. The van der Waals surface area contributed by atoms with Gasteiger partial charge in [-0.05, 0) is 53.8 Å². The molecule has 0 fully saturated rings. The molecule has 0 radical (unpaired) electrons. The summed E-state index contributed by atoms with van der Waals surface area (Å²) in [5.41, 5.74) is 1.66. The number of halogens is 4. The zero-order valence-electron chi connectivity index (χ0n) is 21.0. The molecular weight excluding hydrogens is 496 g/mol. The van der Waals surface area contributed by atoms with Gasteiger partial charge in [-0.3, -0.25) is 0 Å². The van der Waals surface area contributed by atoms with Crippen LogP contribution in [0.1, 0.15) is 42.1 Å². The Morgan fingerprint density at radius 2 is 1.26 bits per heavy atom. The number of ether oxygens (including phenoxy) is 2. The van der Waals surface area contributed by atoms with Crippen molar-refractivity contribution in [3.8, 4) is 33.8 Å². The van der Waals surface area contributed by atoms with Crippen LogP contribution in [0.25, 0.3) is 22.3 Å². The van der Waals surface area contributed by atoms with Gasteiger partial charge in [0.25, 0.3) is 0 Å². The highest BCUT2D eigenvalue weighted by Gasteiger charge is 2.21. The Hall–Kier alpha value is -4.13. The summed E-state index contributed by atoms with van der Waals surface area (Å²) in [6, 6.07) is 18.2. The van der Waals surface area contributed by atoms with E-state index in [1.165, 1.54) is 43.5 Å². The van der Waals surface area contributed by atoms with Gasteiger partial charge in [-0.15, -0.1) is 0 Å². The number of unbranched alkanes of at least 4 members (excludes halogenated alkanes) is 2. The minimum atomic E-state index is -1.39. The molecule has 38 heavy (non-hydrogen) atoms. The predicted octanol–water partition coefficient (Wildman–Crippen LogP) is 8.54. The maximum absolute atomic E-state index is 15.0. The van der Waals surface area contributed by atoms with Gasteiger partial charge in [0.05, 0.1) is 12.7 Å². The summed E-state index contributed by atoms with van der Waals surface area (Å²) in [6.45, 7) is 2.14. The summed E-state index contributed by atoms with van der Waals surface area (Å²) in [6.07, 6.45) is 4.31. The van der Waals surface area contributed by atoms with Crippen molar-refractivity contribution >= 4 is 5.97 Å². The van der Waals surface area contributed by atoms with Crippen LogP contribution in [0.4, 0.5) is 17.6 Å². The van der Waals surface area contributed by atoms with Crippen LogP contribution in [0.2, 0.25) is 0 Å². The van der Waals surface area contributed by atoms with Gasteiger partial charge in [-0.25, -0.2) is 18.0 Å². The summed E-state index contributed by atoms with van der Waals surface area (Å²) in [7, 11) is 1.17. The van der Waals surface area contributed by atoms with E-state index in [4.69, 9.17) is 4.74 Å². The summed E-state index contributed by atoms with van der Waals surface area (Å²) < 4.78 is 68.0. The third kappa shape index (κ3) is 5.72. The van der Waals surface area contributed by atoms with Gasteiger partial charge >= 0.3 is 5.97 Å². The minimum Gasteiger partial charge on any atom is -0.494 e. The van der Waals surface area contributed by atoms with Crippen molar-refractivity contribution in [1.82, 2.24) is 0 Å². The minimum absolute atomic E-state index is 0.0194. The third-order valence-electron chi connectivity index (χ3n) is 6.28. The molecule has 0 unspecified atom stereocenters. The van der Waals surface area contributed by atoms with Crippen molar-refractivity contribution in [1.29, 1.82) is 0 Å². The highest BCUT2D eigenvalue weighted by atomic mass is 19.2. The van der Waals surface area contributed by atoms with E-state index in [0.29, 0.717) is 11.1 Å². The van der Waals surface area contributed by atoms with Gasteiger partial charge in [0.15, 0.2) is 23.2 Å². The fourth-order valence-electron chi connectivity index (χ4n) is 4.14. The Kier molecular flexibility index (Phi) is 8.46. The van der Waals surface area contributed by atoms with E-state index in [1.54, 1.807) is 12.1 Å². The lowest BCUT2D eigenvalue weighted by Gasteiger charge is -2.11. The van der Waals surface area contributed by atoms with Gasteiger partial charge < -0.3 is 9.47 Å². The number of hydrogen-bond acceptors (Lipinski definition) is 3. The first-order chi connectivity index (χ1) is 18.3. The molecule has 0 spiro atoms. The van der Waals surface area contributed by atoms with E-state index in [0.717, 1.165) is 43.4 Å². The number of rotatable bonds is 9. The molecule has 0 saturated heterocycles. The van der Waals surface area contributed by atoms with Gasteiger partial charge in [-0.2, -0.15) is 4.39 Å². The average Bonchev–Trinajstić information content (AvgIpc) is 2.93. The Morgan fingerprint density at radius 3 is 1.82 bits per heavy atom. The molecule has 0 bridgehead atoms. The van der Waals surface area contributed by atoms with Crippen molar-refractivity contribution in [3.05, 3.63) is 107 Å². The second-order valence-corrected chi connectivity index (χ2v) is 8.80. The molecule has 4 aromatic carbocycles. The lowest BCUT2D eigenvalue weighted by atomic mass is 9.97. The number of carbonyl (C=O) groups excluding carboxylic acids is 1. The molecule has 7 heteroatoms. The maximum Gasteiger partial charge on any atom is 0.346 e. The van der Waals surface area contributed by atoms with E-state index >= 15 is 8.78 Å². The van der Waals surface area contributed by atoms with Crippen LogP contribution >= 0.6 is 0 Å². The zero-order chi connectivity index (χ0) is 27.2. The van der Waals surface area contributed by atoms with E-state index in [2.05, 4.69) is 11.7 Å². The molecule has 0 N–H and O–H groups in total. The van der Waals surface area contributed by atoms with Gasteiger partial charge in [0.2, 0.25) is 5.82 Å². The number of methoxy groups -OCH3 is 1. The van der Waals surface area contributed by atoms with Gasteiger partial charge in [0, 0.05) is 11.1 Å². The lowest BCUT2D eigenvalue weighted by molar-refractivity contribution is 0.0728. The van der Waals surface area contributed by atoms with E-state index in [-0.39, 0.29) is 22.6 Å². The second kappa shape index (κ2) is 11.9. The SMILES string of the molecule is CCCCCc1ccc(-c2ccc(-c3ccc(OC(=O)c4ccc(OC)c(F)c4F)cc3)c(F)c2F)cc1. The second-order valence-electron chi connectivity index (χ2n) is 8.80.